The van der Waals surface area contributed by atoms with E-state index in [1.54, 1.807) is 6.07 Å². The standard InChI is InChI=1S/C22H13F3N2O4S2/c23-22(24,25)14-5-1-3-12(9-14)17-8-7-16(31-17)11-18-19(28)27(21(32)33-18)26-15-6-2-4-13(10-15)20(29)30/h1-11,26H,(H,29,30). The molecule has 0 aliphatic carbocycles. The molecule has 0 spiro atoms. The summed E-state index contributed by atoms with van der Waals surface area (Å²) in [4.78, 5) is 24.1. The van der Waals surface area contributed by atoms with Crippen molar-refractivity contribution in [1.29, 1.82) is 0 Å². The maximum Gasteiger partial charge on any atom is 0.416 e. The number of alkyl halides is 3. The zero-order valence-electron chi connectivity index (χ0n) is 16.4. The molecule has 1 amide bonds. The van der Waals surface area contributed by atoms with E-state index in [9.17, 15) is 22.8 Å². The van der Waals surface area contributed by atoms with Crippen LogP contribution in [0, 0.1) is 0 Å². The summed E-state index contributed by atoms with van der Waals surface area (Å²) in [7, 11) is 0. The van der Waals surface area contributed by atoms with Crippen LogP contribution in [0.4, 0.5) is 18.9 Å². The number of hydrogen-bond acceptors (Lipinski definition) is 6. The van der Waals surface area contributed by atoms with Gasteiger partial charge in [-0.2, -0.15) is 13.2 Å². The fourth-order valence-electron chi connectivity index (χ4n) is 2.98. The lowest BCUT2D eigenvalue weighted by molar-refractivity contribution is -0.137. The molecular weight excluding hydrogens is 477 g/mol. The van der Waals surface area contributed by atoms with Gasteiger partial charge in [0.05, 0.1) is 21.7 Å². The maximum atomic E-state index is 13.0. The molecule has 0 atom stereocenters. The molecule has 0 radical (unpaired) electrons. The fraction of sp³-hybridized carbons (Fsp3) is 0.0455. The molecule has 1 aromatic heterocycles. The first-order valence-corrected chi connectivity index (χ1v) is 10.5. The minimum atomic E-state index is -4.48. The summed E-state index contributed by atoms with van der Waals surface area (Å²) in [5.41, 5.74) is 2.63. The number of benzene rings is 2. The lowest BCUT2D eigenvalue weighted by Crippen LogP contribution is -2.33. The number of nitrogens with zero attached hydrogens (tertiary/aromatic N) is 1. The number of aromatic carboxylic acids is 1. The second-order valence-corrected chi connectivity index (χ2v) is 8.47. The van der Waals surface area contributed by atoms with E-state index in [0.29, 0.717) is 5.69 Å². The summed E-state index contributed by atoms with van der Waals surface area (Å²) in [5, 5.41) is 10.2. The van der Waals surface area contributed by atoms with Gasteiger partial charge in [0.1, 0.15) is 11.5 Å². The Labute approximate surface area is 194 Å². The van der Waals surface area contributed by atoms with Crippen LogP contribution in [-0.4, -0.2) is 26.3 Å². The minimum absolute atomic E-state index is 0.0405. The number of halogens is 3. The summed E-state index contributed by atoms with van der Waals surface area (Å²) >= 11 is 6.24. The number of hydrogen-bond donors (Lipinski definition) is 2. The number of rotatable bonds is 5. The van der Waals surface area contributed by atoms with Gasteiger partial charge < -0.3 is 9.52 Å². The smallest absolute Gasteiger partial charge is 0.416 e. The fourth-order valence-corrected chi connectivity index (χ4v) is 4.14. The van der Waals surface area contributed by atoms with Crippen LogP contribution in [0.5, 0.6) is 0 Å². The molecule has 1 aliphatic rings. The van der Waals surface area contributed by atoms with Gasteiger partial charge in [-0.3, -0.25) is 10.2 Å². The van der Waals surface area contributed by atoms with Crippen LogP contribution >= 0.6 is 24.0 Å². The van der Waals surface area contributed by atoms with Gasteiger partial charge in [0.15, 0.2) is 4.32 Å². The van der Waals surface area contributed by atoms with E-state index in [1.165, 1.54) is 48.5 Å². The summed E-state index contributed by atoms with van der Waals surface area (Å²) in [5.74, 6) is -1.12. The molecule has 2 aromatic carbocycles. The molecule has 2 N–H and O–H groups in total. The van der Waals surface area contributed by atoms with Gasteiger partial charge in [-0.1, -0.05) is 30.0 Å². The number of nitrogens with one attached hydrogen (secondary N) is 1. The minimum Gasteiger partial charge on any atom is -0.478 e. The van der Waals surface area contributed by atoms with Gasteiger partial charge >= 0.3 is 12.1 Å². The molecule has 1 saturated heterocycles. The van der Waals surface area contributed by atoms with Crippen molar-refractivity contribution in [2.45, 2.75) is 6.18 Å². The molecule has 1 fully saturated rings. The molecule has 11 heteroatoms. The molecule has 0 saturated carbocycles. The SMILES string of the molecule is O=C(O)c1cccc(NN2C(=O)C(=Cc3ccc(-c4cccc(C(F)(F)F)c4)o3)SC2=S)c1. The van der Waals surface area contributed by atoms with Crippen LogP contribution in [0.25, 0.3) is 17.4 Å². The Morgan fingerprint density at radius 3 is 2.61 bits per heavy atom. The zero-order valence-corrected chi connectivity index (χ0v) is 18.1. The van der Waals surface area contributed by atoms with Crippen LogP contribution in [-0.2, 0) is 11.0 Å². The van der Waals surface area contributed by atoms with E-state index in [1.807, 2.05) is 0 Å². The van der Waals surface area contributed by atoms with Crippen molar-refractivity contribution < 1.29 is 32.3 Å². The molecule has 6 nitrogen and oxygen atoms in total. The highest BCUT2D eigenvalue weighted by Gasteiger charge is 2.33. The van der Waals surface area contributed by atoms with Crippen LogP contribution < -0.4 is 5.43 Å². The van der Waals surface area contributed by atoms with Crippen molar-refractivity contribution in [3.8, 4) is 11.3 Å². The highest BCUT2D eigenvalue weighted by atomic mass is 32.2. The number of carboxylic acid groups (broad SMARTS) is 1. The number of anilines is 1. The summed E-state index contributed by atoms with van der Waals surface area (Å²) in [6.07, 6.45) is -3.04. The van der Waals surface area contributed by atoms with Gasteiger partial charge in [-0.15, -0.1) is 0 Å². The quantitative estimate of drug-likeness (QED) is 0.341. The first-order chi connectivity index (χ1) is 15.6. The Morgan fingerprint density at radius 2 is 1.88 bits per heavy atom. The highest BCUT2D eigenvalue weighted by molar-refractivity contribution is 8.26. The zero-order chi connectivity index (χ0) is 23.8. The molecule has 0 unspecified atom stereocenters. The lowest BCUT2D eigenvalue weighted by Gasteiger charge is -2.17. The van der Waals surface area contributed by atoms with Crippen LogP contribution in [0.2, 0.25) is 0 Å². The third-order valence-electron chi connectivity index (χ3n) is 4.52. The van der Waals surface area contributed by atoms with E-state index in [2.05, 4.69) is 5.43 Å². The van der Waals surface area contributed by atoms with E-state index in [-0.39, 0.29) is 31.9 Å². The number of furan rings is 1. The number of carboxylic acids is 1. The van der Waals surface area contributed by atoms with Crippen molar-refractivity contribution in [1.82, 2.24) is 5.01 Å². The Hall–Kier alpha value is -3.57. The largest absolute Gasteiger partial charge is 0.478 e. The third kappa shape index (κ3) is 4.94. The van der Waals surface area contributed by atoms with Gasteiger partial charge in [0, 0.05) is 11.6 Å². The van der Waals surface area contributed by atoms with Gasteiger partial charge in [-0.05, 0) is 54.7 Å². The second kappa shape index (κ2) is 8.75. The molecule has 1 aliphatic heterocycles. The molecule has 2 heterocycles. The Morgan fingerprint density at radius 1 is 1.12 bits per heavy atom. The number of carbonyl (C=O) groups is 2. The van der Waals surface area contributed by atoms with Gasteiger partial charge in [-0.25, -0.2) is 9.80 Å². The van der Waals surface area contributed by atoms with Crippen molar-refractivity contribution in [2.24, 2.45) is 0 Å². The molecule has 33 heavy (non-hydrogen) atoms. The van der Waals surface area contributed by atoms with Crippen molar-refractivity contribution in [2.75, 3.05) is 5.43 Å². The predicted octanol–water partition coefficient (Wildman–Crippen LogP) is 5.89. The molecule has 3 aromatic rings. The highest BCUT2D eigenvalue weighted by Crippen LogP contribution is 2.35. The predicted molar refractivity (Wildman–Crippen MR) is 121 cm³/mol. The van der Waals surface area contributed by atoms with E-state index >= 15 is 0 Å². The Kier molecular flexibility index (Phi) is 6.00. The van der Waals surface area contributed by atoms with Gasteiger partial charge in [0.25, 0.3) is 5.91 Å². The average Bonchev–Trinajstić information content (AvgIpc) is 3.34. The molecule has 0 bridgehead atoms. The second-order valence-electron chi connectivity index (χ2n) is 6.80. The van der Waals surface area contributed by atoms with Crippen LogP contribution in [0.15, 0.2) is 70.0 Å². The number of hydrazine groups is 1. The Balaban J connectivity index is 1.53. The monoisotopic (exact) mass is 490 g/mol. The topological polar surface area (TPSA) is 82.8 Å². The Bertz CT molecular complexity index is 1300. The summed E-state index contributed by atoms with van der Waals surface area (Å²) in [6.45, 7) is 0. The first-order valence-electron chi connectivity index (χ1n) is 9.27. The number of thiocarbonyl (C=S) groups is 1. The molecular formula is C22H13F3N2O4S2. The van der Waals surface area contributed by atoms with E-state index in [4.69, 9.17) is 21.7 Å². The maximum absolute atomic E-state index is 13.0. The third-order valence-corrected chi connectivity index (χ3v) is 5.82. The normalized spacial score (nSPS) is 15.4. The summed E-state index contributed by atoms with van der Waals surface area (Å²) in [6, 6.07) is 13.7. The number of carbonyl (C=O) groups excluding carboxylic acids is 1. The first kappa shape index (κ1) is 22.6. The molecule has 168 valence electrons. The number of thioether (sulfide) groups is 1. The summed E-state index contributed by atoms with van der Waals surface area (Å²) < 4.78 is 44.7. The van der Waals surface area contributed by atoms with Crippen LogP contribution in [0.1, 0.15) is 21.7 Å². The van der Waals surface area contributed by atoms with E-state index in [0.717, 1.165) is 28.9 Å². The number of amides is 1. The van der Waals surface area contributed by atoms with Gasteiger partial charge in [0.2, 0.25) is 0 Å². The lowest BCUT2D eigenvalue weighted by atomic mass is 10.1. The van der Waals surface area contributed by atoms with Crippen molar-refractivity contribution in [3.05, 3.63) is 82.5 Å². The van der Waals surface area contributed by atoms with E-state index < -0.39 is 23.6 Å². The average molecular weight is 490 g/mol. The van der Waals surface area contributed by atoms with Crippen molar-refractivity contribution in [3.63, 3.8) is 0 Å². The molecule has 4 rings (SSSR count). The van der Waals surface area contributed by atoms with Crippen molar-refractivity contribution >= 4 is 51.9 Å². The van der Waals surface area contributed by atoms with Crippen LogP contribution in [0.3, 0.4) is 0 Å².